The minimum absolute atomic E-state index is 0.182. The van der Waals surface area contributed by atoms with Crippen molar-refractivity contribution in [2.75, 3.05) is 6.54 Å². The zero-order chi connectivity index (χ0) is 19.3. The van der Waals surface area contributed by atoms with Crippen LogP contribution in [0, 0.1) is 26.6 Å². The van der Waals surface area contributed by atoms with Gasteiger partial charge in [-0.1, -0.05) is 12.1 Å². The van der Waals surface area contributed by atoms with Gasteiger partial charge in [-0.15, -0.1) is 0 Å². The number of guanidine groups is 1. The number of halogens is 1. The van der Waals surface area contributed by atoms with Gasteiger partial charge in [0.2, 0.25) is 0 Å². The number of hydrogen-bond acceptors (Lipinski definition) is 2. The number of benzene rings is 1. The van der Waals surface area contributed by atoms with Crippen molar-refractivity contribution in [3.63, 3.8) is 0 Å². The Hall–Kier alpha value is -2.37. The summed E-state index contributed by atoms with van der Waals surface area (Å²) >= 11 is 0. The van der Waals surface area contributed by atoms with Crippen LogP contribution in [0.5, 0.6) is 0 Å². The molecule has 142 valence electrons. The second kappa shape index (κ2) is 8.83. The van der Waals surface area contributed by atoms with Gasteiger partial charge in [0.1, 0.15) is 5.82 Å². The zero-order valence-electron chi connectivity index (χ0n) is 16.7. The molecule has 0 bridgehead atoms. The minimum Gasteiger partial charge on any atom is -0.357 e. The summed E-state index contributed by atoms with van der Waals surface area (Å²) in [6, 6.07) is 5.33. The molecule has 26 heavy (non-hydrogen) atoms. The molecular weight excluding hydrogens is 329 g/mol. The van der Waals surface area contributed by atoms with E-state index in [9.17, 15) is 4.39 Å². The Kier molecular flexibility index (Phi) is 6.77. The van der Waals surface area contributed by atoms with Crippen molar-refractivity contribution in [2.24, 2.45) is 12.0 Å². The Morgan fingerprint density at radius 1 is 1.31 bits per heavy atom. The molecule has 0 radical (unpaired) electrons. The molecule has 0 saturated carbocycles. The van der Waals surface area contributed by atoms with Crippen molar-refractivity contribution in [1.82, 2.24) is 20.4 Å². The monoisotopic (exact) mass is 359 g/mol. The maximum absolute atomic E-state index is 13.4. The van der Waals surface area contributed by atoms with Crippen LogP contribution < -0.4 is 10.6 Å². The standard InChI is InChI=1S/C20H30FN5/c1-7-22-20(23-12-17-8-9-19(21)13(2)10-17)24-14(3)11-18-15(4)25-26(6)16(18)5/h8-10,14H,7,11-12H2,1-6H3,(H2,22,23,24). The van der Waals surface area contributed by atoms with Crippen LogP contribution in [0.4, 0.5) is 4.39 Å². The molecule has 1 heterocycles. The molecule has 2 N–H and O–H groups in total. The van der Waals surface area contributed by atoms with Gasteiger partial charge in [-0.05, 0) is 63.8 Å². The Labute approximate surface area is 155 Å². The predicted molar refractivity (Wildman–Crippen MR) is 105 cm³/mol. The molecule has 0 fully saturated rings. The molecular formula is C20H30FN5. The van der Waals surface area contributed by atoms with Crippen LogP contribution in [0.2, 0.25) is 0 Å². The minimum atomic E-state index is -0.182. The Morgan fingerprint density at radius 3 is 2.62 bits per heavy atom. The fraction of sp³-hybridized carbons (Fsp3) is 0.500. The van der Waals surface area contributed by atoms with Gasteiger partial charge >= 0.3 is 0 Å². The van der Waals surface area contributed by atoms with E-state index in [1.165, 1.54) is 17.3 Å². The summed E-state index contributed by atoms with van der Waals surface area (Å²) in [7, 11) is 1.97. The fourth-order valence-electron chi connectivity index (χ4n) is 3.00. The van der Waals surface area contributed by atoms with Crippen LogP contribution >= 0.6 is 0 Å². The fourth-order valence-corrected chi connectivity index (χ4v) is 3.00. The molecule has 1 aromatic carbocycles. The van der Waals surface area contributed by atoms with E-state index in [0.29, 0.717) is 12.1 Å². The summed E-state index contributed by atoms with van der Waals surface area (Å²) in [4.78, 5) is 4.64. The lowest BCUT2D eigenvalue weighted by Gasteiger charge is -2.18. The lowest BCUT2D eigenvalue weighted by molar-refractivity contribution is 0.617. The number of aliphatic imine (C=N–C) groups is 1. The summed E-state index contributed by atoms with van der Waals surface area (Å²) < 4.78 is 15.3. The van der Waals surface area contributed by atoms with Crippen molar-refractivity contribution in [3.05, 3.63) is 52.1 Å². The van der Waals surface area contributed by atoms with Crippen LogP contribution in [0.15, 0.2) is 23.2 Å². The summed E-state index contributed by atoms with van der Waals surface area (Å²) in [5.41, 5.74) is 5.18. The summed E-state index contributed by atoms with van der Waals surface area (Å²) in [5, 5.41) is 11.2. The third-order valence-electron chi connectivity index (χ3n) is 4.54. The van der Waals surface area contributed by atoms with E-state index < -0.39 is 0 Å². The Balaban J connectivity index is 2.05. The van der Waals surface area contributed by atoms with E-state index in [1.807, 2.05) is 31.6 Å². The van der Waals surface area contributed by atoms with Crippen LogP contribution in [0.1, 0.15) is 41.9 Å². The van der Waals surface area contributed by atoms with Gasteiger partial charge in [0.15, 0.2) is 5.96 Å². The second-order valence-electron chi connectivity index (χ2n) is 6.80. The zero-order valence-corrected chi connectivity index (χ0v) is 16.7. The second-order valence-corrected chi connectivity index (χ2v) is 6.80. The van der Waals surface area contributed by atoms with Crippen molar-refractivity contribution >= 4 is 5.96 Å². The van der Waals surface area contributed by atoms with E-state index in [2.05, 4.69) is 34.6 Å². The largest absolute Gasteiger partial charge is 0.357 e. The molecule has 5 nitrogen and oxygen atoms in total. The molecule has 0 aliphatic rings. The smallest absolute Gasteiger partial charge is 0.191 e. The maximum Gasteiger partial charge on any atom is 0.191 e. The highest BCUT2D eigenvalue weighted by atomic mass is 19.1. The van der Waals surface area contributed by atoms with Crippen molar-refractivity contribution < 1.29 is 4.39 Å². The van der Waals surface area contributed by atoms with E-state index >= 15 is 0 Å². The number of rotatable bonds is 6. The Morgan fingerprint density at radius 2 is 2.04 bits per heavy atom. The van der Waals surface area contributed by atoms with Gasteiger partial charge < -0.3 is 10.6 Å². The van der Waals surface area contributed by atoms with Crippen LogP contribution in [0.3, 0.4) is 0 Å². The molecule has 0 amide bonds. The first-order valence-corrected chi connectivity index (χ1v) is 9.10. The molecule has 2 rings (SSSR count). The first-order valence-electron chi connectivity index (χ1n) is 9.10. The molecule has 0 aliphatic carbocycles. The topological polar surface area (TPSA) is 54.2 Å². The summed E-state index contributed by atoms with van der Waals surface area (Å²) in [5.74, 6) is 0.583. The normalized spacial score (nSPS) is 13.0. The van der Waals surface area contributed by atoms with Gasteiger partial charge in [-0.25, -0.2) is 9.38 Å². The van der Waals surface area contributed by atoms with E-state index in [4.69, 9.17) is 0 Å². The maximum atomic E-state index is 13.4. The molecule has 1 unspecified atom stereocenters. The average molecular weight is 359 g/mol. The quantitative estimate of drug-likeness (QED) is 0.615. The predicted octanol–water partition coefficient (Wildman–Crippen LogP) is 3.17. The van der Waals surface area contributed by atoms with Gasteiger partial charge in [0, 0.05) is 25.3 Å². The number of nitrogens with zero attached hydrogens (tertiary/aromatic N) is 3. The molecule has 2 aromatic rings. The van der Waals surface area contributed by atoms with Crippen LogP contribution in [-0.2, 0) is 20.0 Å². The molecule has 0 saturated heterocycles. The third kappa shape index (κ3) is 5.07. The van der Waals surface area contributed by atoms with Gasteiger partial charge in [-0.3, -0.25) is 4.68 Å². The molecule has 6 heteroatoms. The summed E-state index contributed by atoms with van der Waals surface area (Å²) in [6.45, 7) is 11.4. The molecule has 0 aliphatic heterocycles. The summed E-state index contributed by atoms with van der Waals surface area (Å²) in [6.07, 6.45) is 0.881. The molecule has 0 spiro atoms. The van der Waals surface area contributed by atoms with E-state index in [-0.39, 0.29) is 11.9 Å². The lowest BCUT2D eigenvalue weighted by atomic mass is 10.1. The number of nitrogens with one attached hydrogen (secondary N) is 2. The highest BCUT2D eigenvalue weighted by Crippen LogP contribution is 2.14. The SMILES string of the molecule is CCNC(=NCc1ccc(F)c(C)c1)NC(C)Cc1c(C)nn(C)c1C. The lowest BCUT2D eigenvalue weighted by Crippen LogP contribution is -2.43. The molecule has 1 aromatic heterocycles. The highest BCUT2D eigenvalue weighted by molar-refractivity contribution is 5.80. The van der Waals surface area contributed by atoms with Crippen molar-refractivity contribution in [1.29, 1.82) is 0 Å². The average Bonchev–Trinajstić information content (AvgIpc) is 2.82. The highest BCUT2D eigenvalue weighted by Gasteiger charge is 2.14. The van der Waals surface area contributed by atoms with E-state index in [0.717, 1.165) is 30.2 Å². The van der Waals surface area contributed by atoms with Gasteiger partial charge in [0.25, 0.3) is 0 Å². The number of hydrogen-bond donors (Lipinski definition) is 2. The third-order valence-corrected chi connectivity index (χ3v) is 4.54. The van der Waals surface area contributed by atoms with Crippen LogP contribution in [-0.4, -0.2) is 28.3 Å². The number of aromatic nitrogens is 2. The van der Waals surface area contributed by atoms with E-state index in [1.54, 1.807) is 13.0 Å². The van der Waals surface area contributed by atoms with Crippen molar-refractivity contribution in [2.45, 2.75) is 53.6 Å². The van der Waals surface area contributed by atoms with Crippen LogP contribution in [0.25, 0.3) is 0 Å². The number of aryl methyl sites for hydroxylation is 3. The first kappa shape index (κ1) is 19.9. The van der Waals surface area contributed by atoms with Crippen molar-refractivity contribution in [3.8, 4) is 0 Å². The molecule has 1 atom stereocenters. The van der Waals surface area contributed by atoms with Gasteiger partial charge in [-0.2, -0.15) is 5.10 Å². The Bertz CT molecular complexity index is 779. The first-order chi connectivity index (χ1) is 12.3. The van der Waals surface area contributed by atoms with Gasteiger partial charge in [0.05, 0.1) is 12.2 Å².